The van der Waals surface area contributed by atoms with Gasteiger partial charge in [0.05, 0.1) is 0 Å². The second-order valence-electron chi connectivity index (χ2n) is 5.35. The molecular weight excluding hydrogens is 290 g/mol. The van der Waals surface area contributed by atoms with E-state index in [2.05, 4.69) is 15.5 Å². The van der Waals surface area contributed by atoms with E-state index in [1.807, 2.05) is 48.5 Å². The van der Waals surface area contributed by atoms with Gasteiger partial charge >= 0.3 is 0 Å². The first-order chi connectivity index (χ1) is 11.1. The molecule has 1 amide bonds. The first kappa shape index (κ1) is 14.9. The number of carbonyl (C=O) groups is 1. The van der Waals surface area contributed by atoms with Crippen molar-refractivity contribution in [3.63, 3.8) is 0 Å². The third kappa shape index (κ3) is 3.26. The molecule has 0 aliphatic rings. The third-order valence-corrected chi connectivity index (χ3v) is 3.60. The maximum absolute atomic E-state index is 12.6. The van der Waals surface area contributed by atoms with Gasteiger partial charge in [-0.15, -0.1) is 5.10 Å². The SMILES string of the molecule is CN(Cc1ccccc1)C(=O)c1cccc(-c2nnnn2C)c1. The summed E-state index contributed by atoms with van der Waals surface area (Å²) in [6.45, 7) is 0.565. The lowest BCUT2D eigenvalue weighted by molar-refractivity contribution is 0.0785. The van der Waals surface area contributed by atoms with Crippen molar-refractivity contribution in [3.8, 4) is 11.4 Å². The van der Waals surface area contributed by atoms with Crippen LogP contribution < -0.4 is 0 Å². The molecule has 0 bridgehead atoms. The molecule has 0 fully saturated rings. The quantitative estimate of drug-likeness (QED) is 0.741. The second kappa shape index (κ2) is 6.39. The summed E-state index contributed by atoms with van der Waals surface area (Å²) in [4.78, 5) is 14.3. The highest BCUT2D eigenvalue weighted by Crippen LogP contribution is 2.18. The molecule has 0 N–H and O–H groups in total. The molecule has 23 heavy (non-hydrogen) atoms. The van der Waals surface area contributed by atoms with Crippen LogP contribution in [0.15, 0.2) is 54.6 Å². The van der Waals surface area contributed by atoms with Crippen molar-refractivity contribution in [3.05, 3.63) is 65.7 Å². The van der Waals surface area contributed by atoms with Crippen LogP contribution in [0, 0.1) is 0 Å². The summed E-state index contributed by atoms with van der Waals surface area (Å²) in [5.41, 5.74) is 2.53. The molecule has 0 aliphatic heterocycles. The number of carbonyl (C=O) groups excluding carboxylic acids is 1. The summed E-state index contributed by atoms with van der Waals surface area (Å²) < 4.78 is 1.58. The van der Waals surface area contributed by atoms with E-state index in [0.29, 0.717) is 17.9 Å². The molecule has 0 atom stereocenters. The van der Waals surface area contributed by atoms with E-state index in [1.165, 1.54) is 0 Å². The molecule has 0 spiro atoms. The Morgan fingerprint density at radius 2 is 1.91 bits per heavy atom. The number of nitrogens with zero attached hydrogens (tertiary/aromatic N) is 5. The van der Waals surface area contributed by atoms with Crippen LogP contribution in [0.1, 0.15) is 15.9 Å². The lowest BCUT2D eigenvalue weighted by Gasteiger charge is -2.17. The smallest absolute Gasteiger partial charge is 0.253 e. The Balaban J connectivity index is 1.81. The van der Waals surface area contributed by atoms with E-state index < -0.39 is 0 Å². The molecule has 0 saturated heterocycles. The van der Waals surface area contributed by atoms with Gasteiger partial charge in [0.1, 0.15) is 0 Å². The van der Waals surface area contributed by atoms with Gasteiger partial charge in [-0.1, -0.05) is 42.5 Å². The number of amides is 1. The van der Waals surface area contributed by atoms with Crippen molar-refractivity contribution in [2.75, 3.05) is 7.05 Å². The number of aromatic nitrogens is 4. The highest BCUT2D eigenvalue weighted by atomic mass is 16.2. The predicted molar refractivity (Wildman–Crippen MR) is 86.5 cm³/mol. The molecule has 0 unspecified atom stereocenters. The minimum Gasteiger partial charge on any atom is -0.337 e. The molecule has 3 aromatic rings. The van der Waals surface area contributed by atoms with Crippen molar-refractivity contribution in [1.82, 2.24) is 25.1 Å². The van der Waals surface area contributed by atoms with E-state index in [-0.39, 0.29) is 5.91 Å². The zero-order valence-corrected chi connectivity index (χ0v) is 13.0. The Morgan fingerprint density at radius 3 is 2.61 bits per heavy atom. The molecule has 6 heteroatoms. The fraction of sp³-hybridized carbons (Fsp3) is 0.176. The van der Waals surface area contributed by atoms with Crippen molar-refractivity contribution in [1.29, 1.82) is 0 Å². The number of aryl methyl sites for hydroxylation is 1. The van der Waals surface area contributed by atoms with Gasteiger partial charge in [0.15, 0.2) is 5.82 Å². The molecule has 6 nitrogen and oxygen atoms in total. The Morgan fingerprint density at radius 1 is 1.13 bits per heavy atom. The fourth-order valence-electron chi connectivity index (χ4n) is 2.41. The minimum absolute atomic E-state index is 0.0363. The average Bonchev–Trinajstić information content (AvgIpc) is 3.01. The van der Waals surface area contributed by atoms with Crippen LogP contribution in [-0.4, -0.2) is 38.1 Å². The van der Waals surface area contributed by atoms with Crippen LogP contribution in [0.25, 0.3) is 11.4 Å². The van der Waals surface area contributed by atoms with Gasteiger partial charge in [0.25, 0.3) is 5.91 Å². The molecule has 0 radical (unpaired) electrons. The third-order valence-electron chi connectivity index (χ3n) is 3.60. The fourth-order valence-corrected chi connectivity index (χ4v) is 2.41. The number of rotatable bonds is 4. The Hall–Kier alpha value is -3.02. The second-order valence-corrected chi connectivity index (χ2v) is 5.35. The van der Waals surface area contributed by atoms with E-state index >= 15 is 0 Å². The van der Waals surface area contributed by atoms with Crippen LogP contribution in [0.4, 0.5) is 0 Å². The molecule has 2 aromatic carbocycles. The summed E-state index contributed by atoms with van der Waals surface area (Å²) in [5.74, 6) is 0.594. The van der Waals surface area contributed by atoms with Gasteiger partial charge in [-0.3, -0.25) is 4.79 Å². The van der Waals surface area contributed by atoms with E-state index in [1.54, 1.807) is 29.7 Å². The molecule has 1 aromatic heterocycles. The largest absolute Gasteiger partial charge is 0.337 e. The lowest BCUT2D eigenvalue weighted by Crippen LogP contribution is -2.26. The van der Waals surface area contributed by atoms with Gasteiger partial charge < -0.3 is 4.90 Å². The standard InChI is InChI=1S/C17H17N5O/c1-21(12-13-7-4-3-5-8-13)17(23)15-10-6-9-14(11-15)16-18-19-20-22(16)2/h3-11H,12H2,1-2H3. The van der Waals surface area contributed by atoms with E-state index in [4.69, 9.17) is 0 Å². The highest BCUT2D eigenvalue weighted by molar-refractivity contribution is 5.95. The number of hydrogen-bond acceptors (Lipinski definition) is 4. The Bertz CT molecular complexity index is 813. The van der Waals surface area contributed by atoms with E-state index in [9.17, 15) is 4.79 Å². The summed E-state index contributed by atoms with van der Waals surface area (Å²) >= 11 is 0. The van der Waals surface area contributed by atoms with E-state index in [0.717, 1.165) is 11.1 Å². The summed E-state index contributed by atoms with van der Waals surface area (Å²) in [7, 11) is 3.57. The van der Waals surface area contributed by atoms with Crippen molar-refractivity contribution in [2.24, 2.45) is 7.05 Å². The minimum atomic E-state index is -0.0363. The molecule has 3 rings (SSSR count). The number of hydrogen-bond donors (Lipinski definition) is 0. The molecule has 116 valence electrons. The Kier molecular flexibility index (Phi) is 4.14. The van der Waals surface area contributed by atoms with Crippen molar-refractivity contribution in [2.45, 2.75) is 6.54 Å². The predicted octanol–water partition coefficient (Wildman–Crippen LogP) is 2.15. The van der Waals surface area contributed by atoms with Crippen LogP contribution in [0.2, 0.25) is 0 Å². The van der Waals surface area contributed by atoms with Gasteiger partial charge in [0.2, 0.25) is 0 Å². The Labute approximate surface area is 134 Å². The maximum Gasteiger partial charge on any atom is 0.253 e. The summed E-state index contributed by atoms with van der Waals surface area (Å²) in [5, 5.41) is 11.4. The monoisotopic (exact) mass is 307 g/mol. The topological polar surface area (TPSA) is 63.9 Å². The van der Waals surface area contributed by atoms with Gasteiger partial charge in [0, 0.05) is 31.8 Å². The highest BCUT2D eigenvalue weighted by Gasteiger charge is 2.14. The zero-order valence-electron chi connectivity index (χ0n) is 13.0. The molecule has 1 heterocycles. The average molecular weight is 307 g/mol. The van der Waals surface area contributed by atoms with Crippen LogP contribution in [0.5, 0.6) is 0 Å². The molecular formula is C17H17N5O. The van der Waals surface area contributed by atoms with Gasteiger partial charge in [-0.05, 0) is 28.1 Å². The maximum atomic E-state index is 12.6. The van der Waals surface area contributed by atoms with Gasteiger partial charge in [-0.2, -0.15) is 0 Å². The van der Waals surface area contributed by atoms with Crippen LogP contribution >= 0.6 is 0 Å². The van der Waals surface area contributed by atoms with Gasteiger partial charge in [-0.25, -0.2) is 4.68 Å². The number of benzene rings is 2. The molecule has 0 saturated carbocycles. The van der Waals surface area contributed by atoms with Crippen molar-refractivity contribution < 1.29 is 4.79 Å². The first-order valence-electron chi connectivity index (χ1n) is 7.27. The summed E-state index contributed by atoms with van der Waals surface area (Å²) in [6, 6.07) is 17.3. The van der Waals surface area contributed by atoms with Crippen LogP contribution in [0.3, 0.4) is 0 Å². The zero-order chi connectivity index (χ0) is 16.2. The first-order valence-corrected chi connectivity index (χ1v) is 7.27. The normalized spacial score (nSPS) is 10.5. The molecule has 0 aliphatic carbocycles. The van der Waals surface area contributed by atoms with Crippen LogP contribution in [-0.2, 0) is 13.6 Å². The van der Waals surface area contributed by atoms with Crippen molar-refractivity contribution >= 4 is 5.91 Å². The lowest BCUT2D eigenvalue weighted by atomic mass is 10.1. The number of tetrazole rings is 1. The summed E-state index contributed by atoms with van der Waals surface area (Å²) in [6.07, 6.45) is 0.